The molecule has 1 saturated heterocycles. The van der Waals surface area contributed by atoms with Crippen molar-refractivity contribution in [2.45, 2.75) is 24.9 Å². The minimum Gasteiger partial charge on any atom is -0.394 e. The van der Waals surface area contributed by atoms with Crippen LogP contribution in [-0.2, 0) is 9.47 Å². The van der Waals surface area contributed by atoms with Crippen molar-refractivity contribution in [2.24, 2.45) is 0 Å². The van der Waals surface area contributed by atoms with E-state index in [2.05, 4.69) is 27.0 Å². The third kappa shape index (κ3) is 2.74. The Bertz CT molecular complexity index is 864. The molecule has 128 valence electrons. The lowest BCUT2D eigenvalue weighted by Gasteiger charge is -2.16. The number of hydrogen-bond acceptors (Lipinski definition) is 8. The Hall–Kier alpha value is -2.45. The molecule has 2 aromatic rings. The lowest BCUT2D eigenvalue weighted by Crippen LogP contribution is -2.29. The van der Waals surface area contributed by atoms with Gasteiger partial charge in [0.05, 0.1) is 12.7 Å². The van der Waals surface area contributed by atoms with Gasteiger partial charge in [-0.1, -0.05) is 5.92 Å². The lowest BCUT2D eigenvalue weighted by atomic mass is 10.2. The predicted octanol–water partition coefficient (Wildman–Crippen LogP) is -1.66. The third-order valence-electron chi connectivity index (χ3n) is 3.75. The van der Waals surface area contributed by atoms with Crippen molar-refractivity contribution in [1.29, 1.82) is 0 Å². The van der Waals surface area contributed by atoms with Gasteiger partial charge in [0.2, 0.25) is 5.95 Å². The highest BCUT2D eigenvalue weighted by molar-refractivity contribution is 5.80. The van der Waals surface area contributed by atoms with Crippen LogP contribution in [0.4, 0.5) is 5.95 Å². The molecule has 0 spiro atoms. The normalized spacial score (nSPS) is 23.4. The fraction of sp³-hybridized carbons (Fsp3) is 0.500. The van der Waals surface area contributed by atoms with Gasteiger partial charge in [-0.25, -0.2) is 0 Å². The van der Waals surface area contributed by atoms with Gasteiger partial charge in [-0.3, -0.25) is 14.5 Å². The zero-order valence-corrected chi connectivity index (χ0v) is 12.9. The highest BCUT2D eigenvalue weighted by Gasteiger charge is 2.36. The molecule has 24 heavy (non-hydrogen) atoms. The molecule has 3 unspecified atom stereocenters. The number of nitrogens with zero attached hydrogens (tertiary/aromatic N) is 3. The summed E-state index contributed by atoms with van der Waals surface area (Å²) >= 11 is 0. The molecule has 3 atom stereocenters. The van der Waals surface area contributed by atoms with E-state index in [1.54, 1.807) is 0 Å². The molecule has 1 aliphatic rings. The Morgan fingerprint density at radius 3 is 3.04 bits per heavy atom. The van der Waals surface area contributed by atoms with Crippen LogP contribution in [0.5, 0.6) is 0 Å². The summed E-state index contributed by atoms with van der Waals surface area (Å²) < 4.78 is 11.5. The smallest absolute Gasteiger partial charge is 0.269 e. The highest BCUT2D eigenvalue weighted by atomic mass is 16.5. The Kier molecular flexibility index (Phi) is 4.50. The number of nitrogens with two attached hydrogens (primary N) is 1. The van der Waals surface area contributed by atoms with E-state index in [1.807, 2.05) is 0 Å². The number of aromatic nitrogens is 4. The average molecular weight is 335 g/mol. The maximum absolute atomic E-state index is 12.8. The Labute approximate surface area is 136 Å². The maximum Gasteiger partial charge on any atom is 0.269 e. The zero-order chi connectivity index (χ0) is 17.3. The second-order valence-corrected chi connectivity index (χ2v) is 5.29. The van der Waals surface area contributed by atoms with Gasteiger partial charge in [0.1, 0.15) is 30.0 Å². The SMILES string of the molecule is COCC#Cc1n[nH]c2nc(N)n(C3CC(O)C(CO)O3)c(=O)c12. The molecular formula is C14H17N5O5. The number of methoxy groups -OCH3 is 1. The molecule has 0 aliphatic carbocycles. The van der Waals surface area contributed by atoms with Gasteiger partial charge >= 0.3 is 0 Å². The van der Waals surface area contributed by atoms with Crippen molar-refractivity contribution in [3.8, 4) is 11.8 Å². The van der Waals surface area contributed by atoms with Crippen molar-refractivity contribution in [3.05, 3.63) is 16.0 Å². The van der Waals surface area contributed by atoms with Crippen molar-refractivity contribution in [2.75, 3.05) is 26.1 Å². The molecule has 10 heteroatoms. The van der Waals surface area contributed by atoms with E-state index in [1.165, 1.54) is 7.11 Å². The first-order chi connectivity index (χ1) is 11.6. The van der Waals surface area contributed by atoms with E-state index in [9.17, 15) is 15.0 Å². The molecular weight excluding hydrogens is 318 g/mol. The number of aromatic amines is 1. The fourth-order valence-corrected chi connectivity index (χ4v) is 2.61. The van der Waals surface area contributed by atoms with Crippen LogP contribution < -0.4 is 11.3 Å². The Balaban J connectivity index is 2.08. The molecule has 0 saturated carbocycles. The maximum atomic E-state index is 12.8. The Morgan fingerprint density at radius 1 is 1.58 bits per heavy atom. The number of ether oxygens (including phenoxy) is 2. The van der Waals surface area contributed by atoms with Gasteiger partial charge in [-0.2, -0.15) is 10.1 Å². The van der Waals surface area contributed by atoms with E-state index >= 15 is 0 Å². The molecule has 10 nitrogen and oxygen atoms in total. The van der Waals surface area contributed by atoms with Gasteiger partial charge in [-0.05, 0) is 5.92 Å². The van der Waals surface area contributed by atoms with E-state index in [0.29, 0.717) is 0 Å². The number of nitrogens with one attached hydrogen (secondary N) is 1. The summed E-state index contributed by atoms with van der Waals surface area (Å²) in [5, 5.41) is 25.8. The van der Waals surface area contributed by atoms with Crippen LogP contribution in [0.3, 0.4) is 0 Å². The van der Waals surface area contributed by atoms with E-state index in [4.69, 9.17) is 15.2 Å². The van der Waals surface area contributed by atoms with Crippen LogP contribution in [0.2, 0.25) is 0 Å². The average Bonchev–Trinajstić information content (AvgIpc) is 3.11. The van der Waals surface area contributed by atoms with Crippen LogP contribution in [0, 0.1) is 11.8 Å². The van der Waals surface area contributed by atoms with Gasteiger partial charge in [0, 0.05) is 13.5 Å². The quantitative estimate of drug-likeness (QED) is 0.487. The molecule has 3 rings (SSSR count). The van der Waals surface area contributed by atoms with Crippen LogP contribution in [0.1, 0.15) is 18.3 Å². The third-order valence-corrected chi connectivity index (χ3v) is 3.75. The molecule has 0 amide bonds. The summed E-state index contributed by atoms with van der Waals surface area (Å²) in [7, 11) is 1.51. The predicted molar refractivity (Wildman–Crippen MR) is 82.9 cm³/mol. The summed E-state index contributed by atoms with van der Waals surface area (Å²) in [5.41, 5.74) is 5.81. The Morgan fingerprint density at radius 2 is 2.38 bits per heavy atom. The molecule has 5 N–H and O–H groups in total. The summed E-state index contributed by atoms with van der Waals surface area (Å²) in [4.78, 5) is 16.9. The molecule has 1 fully saturated rings. The zero-order valence-electron chi connectivity index (χ0n) is 12.9. The van der Waals surface area contributed by atoms with E-state index in [-0.39, 0.29) is 42.3 Å². The van der Waals surface area contributed by atoms with Crippen molar-refractivity contribution >= 4 is 17.0 Å². The van der Waals surface area contributed by atoms with Gasteiger partial charge in [0.25, 0.3) is 5.56 Å². The first-order valence-electron chi connectivity index (χ1n) is 7.25. The fourth-order valence-electron chi connectivity index (χ4n) is 2.61. The summed E-state index contributed by atoms with van der Waals surface area (Å²) in [6.45, 7) is -0.164. The number of aliphatic hydroxyl groups is 2. The molecule has 0 radical (unpaired) electrons. The van der Waals surface area contributed by atoms with Crippen LogP contribution in [0.25, 0.3) is 11.0 Å². The summed E-state index contributed by atoms with van der Waals surface area (Å²) in [5.74, 6) is 5.37. The second kappa shape index (κ2) is 6.58. The number of H-pyrrole nitrogens is 1. The number of hydrogen-bond donors (Lipinski definition) is 4. The first kappa shape index (κ1) is 16.4. The van der Waals surface area contributed by atoms with Crippen LogP contribution in [-0.4, -0.2) is 62.5 Å². The highest BCUT2D eigenvalue weighted by Crippen LogP contribution is 2.29. The van der Waals surface area contributed by atoms with Crippen molar-refractivity contribution < 1.29 is 19.7 Å². The number of rotatable bonds is 3. The second-order valence-electron chi connectivity index (χ2n) is 5.29. The van der Waals surface area contributed by atoms with Gasteiger partial charge in [0.15, 0.2) is 5.65 Å². The molecule has 0 aromatic carbocycles. The lowest BCUT2D eigenvalue weighted by molar-refractivity contribution is -0.0448. The molecule has 1 aliphatic heterocycles. The number of anilines is 1. The largest absolute Gasteiger partial charge is 0.394 e. The van der Waals surface area contributed by atoms with Crippen LogP contribution in [0.15, 0.2) is 4.79 Å². The molecule has 2 aromatic heterocycles. The number of nitrogen functional groups attached to an aromatic ring is 1. The number of fused-ring (bicyclic) bond motifs is 1. The summed E-state index contributed by atoms with van der Waals surface area (Å²) in [6.07, 6.45) is -2.38. The van der Waals surface area contributed by atoms with Gasteiger partial charge in [-0.15, -0.1) is 0 Å². The minimum absolute atomic E-state index is 0.0802. The first-order valence-corrected chi connectivity index (χ1v) is 7.25. The van der Waals surface area contributed by atoms with Gasteiger partial charge < -0.3 is 25.4 Å². The van der Waals surface area contributed by atoms with Crippen molar-refractivity contribution in [1.82, 2.24) is 19.7 Å². The van der Waals surface area contributed by atoms with Crippen LogP contribution >= 0.6 is 0 Å². The monoisotopic (exact) mass is 335 g/mol. The standard InChI is InChI=1S/C14H17N5O5/c1-23-4-2-3-7-11-12(18-17-7)16-14(15)19(13(11)22)10-5-8(21)9(6-20)24-10/h8-10,20-21H,4-6H2,1H3,(H3,15,16,17,18). The minimum atomic E-state index is -0.896. The molecule has 0 bridgehead atoms. The number of aliphatic hydroxyl groups excluding tert-OH is 2. The van der Waals surface area contributed by atoms with E-state index < -0.39 is 24.0 Å². The summed E-state index contributed by atoms with van der Waals surface area (Å²) in [6, 6.07) is 0. The molecule has 3 heterocycles. The van der Waals surface area contributed by atoms with E-state index in [0.717, 1.165) is 4.57 Å². The van der Waals surface area contributed by atoms with Crippen molar-refractivity contribution in [3.63, 3.8) is 0 Å². The topological polar surface area (TPSA) is 149 Å².